The van der Waals surface area contributed by atoms with Crippen LogP contribution in [-0.4, -0.2) is 24.9 Å². The lowest BCUT2D eigenvalue weighted by molar-refractivity contribution is 0.287. The SMILES string of the molecule is COc1ccc(NC(=S)N[C@H](C)COc2ccc(C)cc2)cc1Cl. The Morgan fingerprint density at radius 1 is 1.21 bits per heavy atom. The van der Waals surface area contributed by atoms with E-state index in [0.717, 1.165) is 11.4 Å². The predicted molar refractivity (Wildman–Crippen MR) is 103 cm³/mol. The van der Waals surface area contributed by atoms with E-state index in [9.17, 15) is 0 Å². The highest BCUT2D eigenvalue weighted by atomic mass is 35.5. The van der Waals surface area contributed by atoms with E-state index in [1.54, 1.807) is 19.2 Å². The monoisotopic (exact) mass is 364 g/mol. The van der Waals surface area contributed by atoms with Crippen molar-refractivity contribution in [2.24, 2.45) is 0 Å². The molecule has 0 amide bonds. The molecular weight excluding hydrogens is 344 g/mol. The van der Waals surface area contributed by atoms with E-state index in [2.05, 4.69) is 10.6 Å². The van der Waals surface area contributed by atoms with Gasteiger partial charge in [-0.2, -0.15) is 0 Å². The summed E-state index contributed by atoms with van der Waals surface area (Å²) in [6.45, 7) is 4.56. The van der Waals surface area contributed by atoms with Crippen LogP contribution in [0, 0.1) is 6.92 Å². The molecule has 0 aliphatic heterocycles. The van der Waals surface area contributed by atoms with Crippen molar-refractivity contribution in [3.05, 3.63) is 53.1 Å². The number of thiocarbonyl (C=S) groups is 1. The van der Waals surface area contributed by atoms with Crippen LogP contribution in [0.15, 0.2) is 42.5 Å². The Kier molecular flexibility index (Phi) is 6.70. The van der Waals surface area contributed by atoms with E-state index in [4.69, 9.17) is 33.3 Å². The second-order valence-electron chi connectivity index (χ2n) is 5.47. The molecule has 0 fully saturated rings. The zero-order chi connectivity index (χ0) is 17.5. The maximum atomic E-state index is 6.10. The number of aryl methyl sites for hydroxylation is 1. The van der Waals surface area contributed by atoms with Crippen molar-refractivity contribution in [2.45, 2.75) is 19.9 Å². The summed E-state index contributed by atoms with van der Waals surface area (Å²) in [5.41, 5.74) is 2.00. The van der Waals surface area contributed by atoms with Crippen molar-refractivity contribution in [2.75, 3.05) is 19.0 Å². The minimum Gasteiger partial charge on any atom is -0.495 e. The largest absolute Gasteiger partial charge is 0.495 e. The summed E-state index contributed by atoms with van der Waals surface area (Å²) in [4.78, 5) is 0. The molecule has 2 N–H and O–H groups in total. The highest BCUT2D eigenvalue weighted by Crippen LogP contribution is 2.27. The lowest BCUT2D eigenvalue weighted by Gasteiger charge is -2.18. The molecular formula is C18H21ClN2O2S. The Morgan fingerprint density at radius 2 is 1.92 bits per heavy atom. The van der Waals surface area contributed by atoms with Gasteiger partial charge in [-0.25, -0.2) is 0 Å². The number of rotatable bonds is 6. The molecule has 2 aromatic carbocycles. The van der Waals surface area contributed by atoms with E-state index < -0.39 is 0 Å². The van der Waals surface area contributed by atoms with Gasteiger partial charge in [-0.3, -0.25) is 0 Å². The van der Waals surface area contributed by atoms with Crippen LogP contribution in [0.25, 0.3) is 0 Å². The first kappa shape index (κ1) is 18.4. The Hall–Kier alpha value is -1.98. The molecule has 0 saturated heterocycles. The number of halogens is 1. The number of nitrogens with one attached hydrogen (secondary N) is 2. The van der Waals surface area contributed by atoms with Gasteiger partial charge in [0.05, 0.1) is 18.2 Å². The van der Waals surface area contributed by atoms with Gasteiger partial charge in [0, 0.05) is 5.69 Å². The fourth-order valence-electron chi connectivity index (χ4n) is 2.03. The average Bonchev–Trinajstić information content (AvgIpc) is 2.54. The van der Waals surface area contributed by atoms with Gasteiger partial charge in [0.25, 0.3) is 0 Å². The fourth-order valence-corrected chi connectivity index (χ4v) is 2.61. The molecule has 1 atom stereocenters. The minimum atomic E-state index is 0.0556. The number of anilines is 1. The standard InChI is InChI=1S/C18H21ClN2O2S/c1-12-4-7-15(8-5-12)23-11-13(2)20-18(24)21-14-6-9-17(22-3)16(19)10-14/h4-10,13H,11H2,1-3H3,(H2,20,21,24)/t13-/m1/s1. The van der Waals surface area contributed by atoms with E-state index in [-0.39, 0.29) is 6.04 Å². The summed E-state index contributed by atoms with van der Waals surface area (Å²) in [6, 6.07) is 13.4. The van der Waals surface area contributed by atoms with Crippen LogP contribution in [0.5, 0.6) is 11.5 Å². The first-order valence-corrected chi connectivity index (χ1v) is 8.37. The predicted octanol–water partition coefficient (Wildman–Crippen LogP) is 4.41. The number of ether oxygens (including phenoxy) is 2. The van der Waals surface area contributed by atoms with E-state index >= 15 is 0 Å². The molecule has 6 heteroatoms. The molecule has 0 unspecified atom stereocenters. The molecule has 0 aliphatic rings. The molecule has 2 rings (SSSR count). The van der Waals surface area contributed by atoms with Crippen molar-refractivity contribution in [1.29, 1.82) is 0 Å². The Balaban J connectivity index is 1.80. The molecule has 0 saturated carbocycles. The van der Waals surface area contributed by atoms with Crippen LogP contribution in [0.1, 0.15) is 12.5 Å². The van der Waals surface area contributed by atoms with Crippen LogP contribution in [0.2, 0.25) is 5.02 Å². The van der Waals surface area contributed by atoms with Gasteiger partial charge in [-0.15, -0.1) is 0 Å². The maximum absolute atomic E-state index is 6.10. The van der Waals surface area contributed by atoms with Crippen molar-refractivity contribution in [3.8, 4) is 11.5 Å². The molecule has 0 aliphatic carbocycles. The molecule has 0 spiro atoms. The summed E-state index contributed by atoms with van der Waals surface area (Å²) in [7, 11) is 1.58. The average molecular weight is 365 g/mol. The van der Waals surface area contributed by atoms with Crippen LogP contribution in [-0.2, 0) is 0 Å². The lowest BCUT2D eigenvalue weighted by atomic mass is 10.2. The number of methoxy groups -OCH3 is 1. The second kappa shape index (κ2) is 8.76. The Labute approximate surface area is 153 Å². The Morgan fingerprint density at radius 3 is 2.54 bits per heavy atom. The zero-order valence-corrected chi connectivity index (χ0v) is 15.5. The number of hydrogen-bond acceptors (Lipinski definition) is 3. The molecule has 4 nitrogen and oxygen atoms in total. The lowest BCUT2D eigenvalue weighted by Crippen LogP contribution is -2.39. The molecule has 0 heterocycles. The van der Waals surface area contributed by atoms with Crippen LogP contribution in [0.3, 0.4) is 0 Å². The fraction of sp³-hybridized carbons (Fsp3) is 0.278. The van der Waals surface area contributed by atoms with E-state index in [1.165, 1.54) is 5.56 Å². The van der Waals surface area contributed by atoms with Crippen molar-refractivity contribution in [1.82, 2.24) is 5.32 Å². The summed E-state index contributed by atoms with van der Waals surface area (Å²) < 4.78 is 10.9. The molecule has 24 heavy (non-hydrogen) atoms. The topological polar surface area (TPSA) is 42.5 Å². The van der Waals surface area contributed by atoms with Gasteiger partial charge in [-0.05, 0) is 56.4 Å². The Bertz CT molecular complexity index is 692. The van der Waals surface area contributed by atoms with Crippen LogP contribution >= 0.6 is 23.8 Å². The zero-order valence-electron chi connectivity index (χ0n) is 13.9. The minimum absolute atomic E-state index is 0.0556. The van der Waals surface area contributed by atoms with Gasteiger partial charge in [0.15, 0.2) is 5.11 Å². The third kappa shape index (κ3) is 5.58. The van der Waals surface area contributed by atoms with Gasteiger partial charge < -0.3 is 20.1 Å². The highest BCUT2D eigenvalue weighted by Gasteiger charge is 2.07. The van der Waals surface area contributed by atoms with Gasteiger partial charge in [-0.1, -0.05) is 29.3 Å². The third-order valence-electron chi connectivity index (χ3n) is 3.31. The highest BCUT2D eigenvalue weighted by molar-refractivity contribution is 7.80. The molecule has 0 aromatic heterocycles. The molecule has 0 bridgehead atoms. The van der Waals surface area contributed by atoms with Gasteiger partial charge in [0.1, 0.15) is 18.1 Å². The summed E-state index contributed by atoms with van der Waals surface area (Å²) in [5.74, 6) is 1.47. The number of benzene rings is 2. The van der Waals surface area contributed by atoms with Crippen LogP contribution in [0.4, 0.5) is 5.69 Å². The van der Waals surface area contributed by atoms with Gasteiger partial charge in [0.2, 0.25) is 0 Å². The summed E-state index contributed by atoms with van der Waals surface area (Å²) >= 11 is 11.4. The summed E-state index contributed by atoms with van der Waals surface area (Å²) in [5, 5.41) is 7.31. The molecule has 128 valence electrons. The first-order chi connectivity index (χ1) is 11.5. The first-order valence-electron chi connectivity index (χ1n) is 7.58. The van der Waals surface area contributed by atoms with Gasteiger partial charge >= 0.3 is 0 Å². The molecule has 2 aromatic rings. The van der Waals surface area contributed by atoms with E-state index in [0.29, 0.717) is 22.5 Å². The third-order valence-corrected chi connectivity index (χ3v) is 3.82. The summed E-state index contributed by atoms with van der Waals surface area (Å²) in [6.07, 6.45) is 0. The van der Waals surface area contributed by atoms with Crippen molar-refractivity contribution < 1.29 is 9.47 Å². The van der Waals surface area contributed by atoms with E-state index in [1.807, 2.05) is 44.2 Å². The van der Waals surface area contributed by atoms with Crippen molar-refractivity contribution in [3.63, 3.8) is 0 Å². The molecule has 0 radical (unpaired) electrons. The van der Waals surface area contributed by atoms with Crippen molar-refractivity contribution >= 4 is 34.6 Å². The smallest absolute Gasteiger partial charge is 0.171 e. The maximum Gasteiger partial charge on any atom is 0.171 e. The van der Waals surface area contributed by atoms with Crippen LogP contribution < -0.4 is 20.1 Å². The number of hydrogen-bond donors (Lipinski definition) is 2. The quantitative estimate of drug-likeness (QED) is 0.743. The second-order valence-corrected chi connectivity index (χ2v) is 6.29. The normalized spacial score (nSPS) is 11.5.